The molecule has 1 fully saturated rings. The van der Waals surface area contributed by atoms with Crippen LogP contribution in [-0.4, -0.2) is 35.4 Å². The maximum atomic E-state index is 10.7. The number of benzene rings is 1. The quantitative estimate of drug-likeness (QED) is 0.853. The SMILES string of the molecule is CC(C)c1cnc(NC2CCN(c3ccc(C=O)cc3)CC2)cn1. The summed E-state index contributed by atoms with van der Waals surface area (Å²) in [7, 11) is 0. The van der Waals surface area contributed by atoms with Crippen molar-refractivity contribution < 1.29 is 4.79 Å². The van der Waals surface area contributed by atoms with Crippen LogP contribution in [0.2, 0.25) is 0 Å². The third-order valence-electron chi connectivity index (χ3n) is 4.50. The fraction of sp³-hybridized carbons (Fsp3) is 0.421. The number of aromatic nitrogens is 2. The summed E-state index contributed by atoms with van der Waals surface area (Å²) in [5.74, 6) is 1.26. The van der Waals surface area contributed by atoms with Gasteiger partial charge in [-0.15, -0.1) is 0 Å². The van der Waals surface area contributed by atoms with Crippen molar-refractivity contribution in [1.82, 2.24) is 9.97 Å². The Labute approximate surface area is 143 Å². The van der Waals surface area contributed by atoms with Crippen LogP contribution in [0.5, 0.6) is 0 Å². The molecule has 1 aromatic carbocycles. The lowest BCUT2D eigenvalue weighted by Gasteiger charge is -2.34. The number of nitrogens with zero attached hydrogens (tertiary/aromatic N) is 3. The van der Waals surface area contributed by atoms with E-state index in [0.717, 1.165) is 49.3 Å². The van der Waals surface area contributed by atoms with E-state index in [1.165, 1.54) is 5.69 Å². The average molecular weight is 324 g/mol. The van der Waals surface area contributed by atoms with Crippen LogP contribution in [0.25, 0.3) is 0 Å². The molecule has 1 saturated heterocycles. The fourth-order valence-electron chi connectivity index (χ4n) is 2.97. The molecule has 5 nitrogen and oxygen atoms in total. The largest absolute Gasteiger partial charge is 0.371 e. The van der Waals surface area contributed by atoms with Gasteiger partial charge >= 0.3 is 0 Å². The summed E-state index contributed by atoms with van der Waals surface area (Å²) in [6.07, 6.45) is 6.69. The summed E-state index contributed by atoms with van der Waals surface area (Å²) in [6, 6.07) is 8.22. The first-order valence-electron chi connectivity index (χ1n) is 8.54. The smallest absolute Gasteiger partial charge is 0.150 e. The van der Waals surface area contributed by atoms with Crippen molar-refractivity contribution >= 4 is 17.8 Å². The molecule has 5 heteroatoms. The monoisotopic (exact) mass is 324 g/mol. The Kier molecular flexibility index (Phi) is 5.08. The fourth-order valence-corrected chi connectivity index (χ4v) is 2.97. The van der Waals surface area contributed by atoms with Crippen molar-refractivity contribution in [2.75, 3.05) is 23.3 Å². The van der Waals surface area contributed by atoms with Gasteiger partial charge in [0.05, 0.1) is 18.1 Å². The Morgan fingerprint density at radius 2 is 1.83 bits per heavy atom. The molecule has 3 rings (SSSR count). The number of anilines is 2. The van der Waals surface area contributed by atoms with E-state index in [0.29, 0.717) is 12.0 Å². The van der Waals surface area contributed by atoms with Crippen LogP contribution >= 0.6 is 0 Å². The van der Waals surface area contributed by atoms with E-state index >= 15 is 0 Å². The Morgan fingerprint density at radius 3 is 2.38 bits per heavy atom. The highest BCUT2D eigenvalue weighted by atomic mass is 16.1. The van der Waals surface area contributed by atoms with Crippen LogP contribution in [-0.2, 0) is 0 Å². The summed E-state index contributed by atoms with van der Waals surface area (Å²) in [6.45, 7) is 6.23. The molecule has 0 atom stereocenters. The molecule has 1 aliphatic heterocycles. The maximum absolute atomic E-state index is 10.7. The van der Waals surface area contributed by atoms with E-state index in [9.17, 15) is 4.79 Å². The van der Waals surface area contributed by atoms with Crippen molar-refractivity contribution in [1.29, 1.82) is 0 Å². The molecular weight excluding hydrogens is 300 g/mol. The maximum Gasteiger partial charge on any atom is 0.150 e. The number of hydrogen-bond acceptors (Lipinski definition) is 5. The molecule has 2 aromatic rings. The second kappa shape index (κ2) is 7.43. The Balaban J connectivity index is 1.53. The molecule has 1 aliphatic rings. The lowest BCUT2D eigenvalue weighted by Crippen LogP contribution is -2.39. The molecule has 24 heavy (non-hydrogen) atoms. The van der Waals surface area contributed by atoms with Gasteiger partial charge in [-0.05, 0) is 43.0 Å². The van der Waals surface area contributed by atoms with Gasteiger partial charge in [0.25, 0.3) is 0 Å². The number of nitrogens with one attached hydrogen (secondary N) is 1. The lowest BCUT2D eigenvalue weighted by molar-refractivity contribution is 0.112. The van der Waals surface area contributed by atoms with Crippen molar-refractivity contribution in [2.45, 2.75) is 38.6 Å². The first kappa shape index (κ1) is 16.4. The van der Waals surface area contributed by atoms with Crippen LogP contribution < -0.4 is 10.2 Å². The minimum Gasteiger partial charge on any atom is -0.371 e. The number of rotatable bonds is 5. The van der Waals surface area contributed by atoms with Gasteiger partial charge in [-0.25, -0.2) is 4.98 Å². The zero-order chi connectivity index (χ0) is 16.9. The van der Waals surface area contributed by atoms with E-state index in [2.05, 4.69) is 34.0 Å². The van der Waals surface area contributed by atoms with Gasteiger partial charge < -0.3 is 10.2 Å². The third-order valence-corrected chi connectivity index (χ3v) is 4.50. The Hall–Kier alpha value is -2.43. The lowest BCUT2D eigenvalue weighted by atomic mass is 10.0. The molecule has 0 aliphatic carbocycles. The standard InChI is InChI=1S/C19H24N4O/c1-14(2)18-11-21-19(12-20-18)22-16-7-9-23(10-8-16)17-5-3-15(13-24)4-6-17/h3-6,11-14,16H,7-10H2,1-2H3,(H,21,22). The Bertz CT molecular complexity index is 659. The normalized spacial score (nSPS) is 15.5. The Morgan fingerprint density at radius 1 is 1.12 bits per heavy atom. The number of aldehydes is 1. The van der Waals surface area contributed by atoms with Crippen molar-refractivity contribution in [3.05, 3.63) is 47.9 Å². The molecule has 0 bridgehead atoms. The van der Waals surface area contributed by atoms with Gasteiger partial charge in [-0.3, -0.25) is 9.78 Å². The van der Waals surface area contributed by atoms with Crippen LogP contribution in [0.3, 0.4) is 0 Å². The van der Waals surface area contributed by atoms with E-state index < -0.39 is 0 Å². The average Bonchev–Trinajstić information content (AvgIpc) is 2.63. The van der Waals surface area contributed by atoms with E-state index in [1.54, 1.807) is 0 Å². The van der Waals surface area contributed by atoms with Gasteiger partial charge in [0.2, 0.25) is 0 Å². The van der Waals surface area contributed by atoms with Gasteiger partial charge in [0.15, 0.2) is 0 Å². The zero-order valence-corrected chi connectivity index (χ0v) is 14.3. The third kappa shape index (κ3) is 3.91. The predicted octanol–water partition coefficient (Wildman–Crippen LogP) is 3.49. The zero-order valence-electron chi connectivity index (χ0n) is 14.3. The second-order valence-corrected chi connectivity index (χ2v) is 6.60. The van der Waals surface area contributed by atoms with Gasteiger partial charge in [-0.1, -0.05) is 13.8 Å². The van der Waals surface area contributed by atoms with E-state index in [1.807, 2.05) is 36.7 Å². The van der Waals surface area contributed by atoms with Crippen LogP contribution in [0.4, 0.5) is 11.5 Å². The summed E-state index contributed by atoms with van der Waals surface area (Å²) in [5, 5.41) is 3.49. The number of carbonyl (C=O) groups excluding carboxylic acids is 1. The minimum atomic E-state index is 0.403. The van der Waals surface area contributed by atoms with Crippen molar-refractivity contribution in [3.63, 3.8) is 0 Å². The topological polar surface area (TPSA) is 58.1 Å². The molecule has 1 N–H and O–H groups in total. The molecule has 0 spiro atoms. The molecule has 126 valence electrons. The molecule has 0 saturated carbocycles. The van der Waals surface area contributed by atoms with Crippen LogP contribution in [0.15, 0.2) is 36.7 Å². The number of carbonyl (C=O) groups is 1. The summed E-state index contributed by atoms with van der Waals surface area (Å²) in [5.41, 5.74) is 2.92. The van der Waals surface area contributed by atoms with E-state index in [-0.39, 0.29) is 0 Å². The predicted molar refractivity (Wildman–Crippen MR) is 96.8 cm³/mol. The molecule has 2 heterocycles. The number of piperidine rings is 1. The summed E-state index contributed by atoms with van der Waals surface area (Å²) >= 11 is 0. The van der Waals surface area contributed by atoms with Crippen molar-refractivity contribution in [3.8, 4) is 0 Å². The summed E-state index contributed by atoms with van der Waals surface area (Å²) < 4.78 is 0. The van der Waals surface area contributed by atoms with Crippen LogP contribution in [0.1, 0.15) is 48.7 Å². The highest BCUT2D eigenvalue weighted by Crippen LogP contribution is 2.22. The van der Waals surface area contributed by atoms with E-state index in [4.69, 9.17) is 0 Å². The van der Waals surface area contributed by atoms with Crippen LogP contribution in [0, 0.1) is 0 Å². The van der Waals surface area contributed by atoms with Crippen molar-refractivity contribution in [2.24, 2.45) is 0 Å². The highest BCUT2D eigenvalue weighted by Gasteiger charge is 2.19. The first-order chi connectivity index (χ1) is 11.7. The number of hydrogen-bond donors (Lipinski definition) is 1. The van der Waals surface area contributed by atoms with Gasteiger partial charge in [0, 0.05) is 30.4 Å². The van der Waals surface area contributed by atoms with Gasteiger partial charge in [-0.2, -0.15) is 0 Å². The molecule has 1 aromatic heterocycles. The first-order valence-corrected chi connectivity index (χ1v) is 8.54. The molecular formula is C19H24N4O. The molecule has 0 radical (unpaired) electrons. The molecule has 0 amide bonds. The highest BCUT2D eigenvalue weighted by molar-refractivity contribution is 5.75. The minimum absolute atomic E-state index is 0.403. The van der Waals surface area contributed by atoms with Gasteiger partial charge in [0.1, 0.15) is 12.1 Å². The molecule has 0 unspecified atom stereocenters. The second-order valence-electron chi connectivity index (χ2n) is 6.60. The summed E-state index contributed by atoms with van der Waals surface area (Å²) in [4.78, 5) is 22.0.